The van der Waals surface area contributed by atoms with Crippen LogP contribution in [-0.2, 0) is 11.2 Å². The molecule has 1 N–H and O–H groups in total. The highest BCUT2D eigenvalue weighted by Crippen LogP contribution is 2.26. The van der Waals surface area contributed by atoms with Gasteiger partial charge in [-0.2, -0.15) is 5.26 Å². The molecule has 0 heterocycles. The monoisotopic (exact) mass is 290 g/mol. The Kier molecular flexibility index (Phi) is 3.71. The number of hydrogen-bond acceptors (Lipinski definition) is 3. The van der Waals surface area contributed by atoms with E-state index in [9.17, 15) is 9.59 Å². The number of nitrogens with one attached hydrogen (secondary N) is 1. The van der Waals surface area contributed by atoms with Crippen molar-refractivity contribution in [2.75, 3.05) is 5.32 Å². The minimum atomic E-state index is -0.367. The van der Waals surface area contributed by atoms with Crippen molar-refractivity contribution in [2.45, 2.75) is 12.8 Å². The van der Waals surface area contributed by atoms with Gasteiger partial charge in [-0.1, -0.05) is 30.3 Å². The number of nitrogens with zero attached hydrogens (tertiary/aromatic N) is 1. The van der Waals surface area contributed by atoms with Crippen molar-refractivity contribution in [3.8, 4) is 6.07 Å². The van der Waals surface area contributed by atoms with E-state index in [1.54, 1.807) is 24.3 Å². The molecule has 4 heteroatoms. The van der Waals surface area contributed by atoms with Crippen LogP contribution >= 0.6 is 0 Å². The van der Waals surface area contributed by atoms with Gasteiger partial charge in [-0.05, 0) is 30.2 Å². The molecule has 3 rings (SSSR count). The number of carbonyl (C=O) groups excluding carboxylic acids is 2. The van der Waals surface area contributed by atoms with E-state index in [0.29, 0.717) is 17.7 Å². The fourth-order valence-electron chi connectivity index (χ4n) is 2.74. The van der Waals surface area contributed by atoms with Crippen molar-refractivity contribution in [3.63, 3.8) is 0 Å². The first-order valence-electron chi connectivity index (χ1n) is 7.09. The molecule has 0 saturated carbocycles. The van der Waals surface area contributed by atoms with Gasteiger partial charge in [0.05, 0.1) is 11.6 Å². The third-order valence-corrected chi connectivity index (χ3v) is 3.85. The number of benzene rings is 2. The molecule has 1 aliphatic carbocycles. The number of ketones is 1. The smallest absolute Gasteiger partial charge is 0.228 e. The summed E-state index contributed by atoms with van der Waals surface area (Å²) in [7, 11) is 0. The molecule has 0 radical (unpaired) electrons. The number of nitriles is 1. The van der Waals surface area contributed by atoms with Crippen LogP contribution in [0.1, 0.15) is 27.9 Å². The number of anilines is 1. The van der Waals surface area contributed by atoms with Crippen LogP contribution in [0.25, 0.3) is 0 Å². The molecule has 1 amide bonds. The molecule has 0 spiro atoms. The summed E-state index contributed by atoms with van der Waals surface area (Å²) in [6, 6.07) is 16.2. The van der Waals surface area contributed by atoms with Crippen molar-refractivity contribution in [2.24, 2.45) is 5.92 Å². The Bertz CT molecular complexity index is 790. The predicted octanol–water partition coefficient (Wildman–Crippen LogP) is 2.94. The van der Waals surface area contributed by atoms with E-state index in [-0.39, 0.29) is 24.0 Å². The highest BCUT2D eigenvalue weighted by molar-refractivity contribution is 6.03. The van der Waals surface area contributed by atoms with Crippen molar-refractivity contribution >= 4 is 17.4 Å². The molecule has 0 fully saturated rings. The Hall–Kier alpha value is -2.93. The maximum atomic E-state index is 12.4. The molecule has 0 bridgehead atoms. The van der Waals surface area contributed by atoms with Gasteiger partial charge in [-0.25, -0.2) is 0 Å². The maximum Gasteiger partial charge on any atom is 0.228 e. The molecule has 1 aliphatic rings. The number of carbonyl (C=O) groups is 2. The lowest BCUT2D eigenvalue weighted by molar-refractivity contribution is -0.119. The number of fused-ring (bicyclic) bond motifs is 1. The highest BCUT2D eigenvalue weighted by atomic mass is 16.2. The van der Waals surface area contributed by atoms with Crippen LogP contribution < -0.4 is 5.32 Å². The van der Waals surface area contributed by atoms with Gasteiger partial charge in [0, 0.05) is 23.6 Å². The van der Waals surface area contributed by atoms with Gasteiger partial charge in [0.25, 0.3) is 0 Å². The minimum Gasteiger partial charge on any atom is -0.326 e. The highest BCUT2D eigenvalue weighted by Gasteiger charge is 2.29. The van der Waals surface area contributed by atoms with Gasteiger partial charge in [0.1, 0.15) is 0 Å². The van der Waals surface area contributed by atoms with E-state index in [4.69, 9.17) is 5.26 Å². The van der Waals surface area contributed by atoms with E-state index in [1.165, 1.54) is 0 Å². The zero-order valence-corrected chi connectivity index (χ0v) is 11.9. The van der Waals surface area contributed by atoms with Crippen molar-refractivity contribution in [3.05, 3.63) is 65.2 Å². The average Bonchev–Trinajstić information content (AvgIpc) is 2.55. The number of Topliss-reactive ketones (excluding diaryl/α,β-unsaturated/α-hetero) is 1. The Morgan fingerprint density at radius 1 is 1.14 bits per heavy atom. The average molecular weight is 290 g/mol. The molecule has 2 aromatic carbocycles. The summed E-state index contributed by atoms with van der Waals surface area (Å²) in [5, 5.41) is 11.7. The number of hydrogen-bond donors (Lipinski definition) is 1. The van der Waals surface area contributed by atoms with Gasteiger partial charge < -0.3 is 5.32 Å². The molecule has 4 nitrogen and oxygen atoms in total. The normalized spacial score (nSPS) is 16.5. The van der Waals surface area contributed by atoms with Crippen LogP contribution in [0.4, 0.5) is 5.69 Å². The first-order valence-corrected chi connectivity index (χ1v) is 7.09. The third-order valence-electron chi connectivity index (χ3n) is 3.85. The second-order valence-electron chi connectivity index (χ2n) is 5.37. The minimum absolute atomic E-state index is 0.00720. The van der Waals surface area contributed by atoms with E-state index in [0.717, 1.165) is 11.1 Å². The summed E-state index contributed by atoms with van der Waals surface area (Å²) in [6.45, 7) is 0. The van der Waals surface area contributed by atoms with Gasteiger partial charge in [-0.15, -0.1) is 0 Å². The first-order chi connectivity index (χ1) is 10.7. The molecule has 0 saturated heterocycles. The van der Waals surface area contributed by atoms with Gasteiger partial charge in [0.2, 0.25) is 5.91 Å². The largest absolute Gasteiger partial charge is 0.326 e. The van der Waals surface area contributed by atoms with Crippen LogP contribution in [0.2, 0.25) is 0 Å². The molecule has 108 valence electrons. The Balaban J connectivity index is 1.77. The second kappa shape index (κ2) is 5.82. The lowest BCUT2D eigenvalue weighted by Gasteiger charge is -2.22. The fourth-order valence-corrected chi connectivity index (χ4v) is 2.74. The van der Waals surface area contributed by atoms with Gasteiger partial charge in [0.15, 0.2) is 5.78 Å². The van der Waals surface area contributed by atoms with Crippen molar-refractivity contribution in [1.82, 2.24) is 0 Å². The zero-order valence-electron chi connectivity index (χ0n) is 11.9. The molecule has 2 aromatic rings. The summed E-state index contributed by atoms with van der Waals surface area (Å²) in [4.78, 5) is 24.5. The van der Waals surface area contributed by atoms with Crippen LogP contribution in [0, 0.1) is 17.2 Å². The molecule has 0 aliphatic heterocycles. The second-order valence-corrected chi connectivity index (χ2v) is 5.37. The standard InChI is InChI=1S/C18H14N2O2/c19-11-12-4-3-6-15(8-12)20-18(22)14-9-13-5-1-2-7-16(13)17(21)10-14/h1-8,14H,9-10H2,(H,20,22). The van der Waals surface area contributed by atoms with Gasteiger partial charge in [-0.3, -0.25) is 9.59 Å². The van der Waals surface area contributed by atoms with Crippen molar-refractivity contribution < 1.29 is 9.59 Å². The molecule has 22 heavy (non-hydrogen) atoms. The summed E-state index contributed by atoms with van der Waals surface area (Å²) in [5.74, 6) is -0.543. The van der Waals surface area contributed by atoms with E-state index in [2.05, 4.69) is 5.32 Å². The first kappa shape index (κ1) is 14.0. The third kappa shape index (κ3) is 2.75. The summed E-state index contributed by atoms with van der Waals surface area (Å²) < 4.78 is 0. The molecular formula is C18H14N2O2. The van der Waals surface area contributed by atoms with Crippen LogP contribution in [-0.4, -0.2) is 11.7 Å². The molecular weight excluding hydrogens is 276 g/mol. The topological polar surface area (TPSA) is 70.0 Å². The predicted molar refractivity (Wildman–Crippen MR) is 82.4 cm³/mol. The molecule has 1 unspecified atom stereocenters. The quantitative estimate of drug-likeness (QED) is 0.924. The van der Waals surface area contributed by atoms with Gasteiger partial charge >= 0.3 is 0 Å². The van der Waals surface area contributed by atoms with E-state index >= 15 is 0 Å². The van der Waals surface area contributed by atoms with E-state index < -0.39 is 0 Å². The summed E-state index contributed by atoms with van der Waals surface area (Å²) in [6.07, 6.45) is 0.784. The Labute approximate surface area is 128 Å². The molecule has 1 atom stereocenters. The van der Waals surface area contributed by atoms with Crippen molar-refractivity contribution in [1.29, 1.82) is 5.26 Å². The fraction of sp³-hybridized carbons (Fsp3) is 0.167. The van der Waals surface area contributed by atoms with Crippen LogP contribution in [0.3, 0.4) is 0 Å². The van der Waals surface area contributed by atoms with E-state index in [1.807, 2.05) is 30.3 Å². The van der Waals surface area contributed by atoms with Crippen LogP contribution in [0.15, 0.2) is 48.5 Å². The Morgan fingerprint density at radius 3 is 2.77 bits per heavy atom. The maximum absolute atomic E-state index is 12.4. The number of amides is 1. The number of rotatable bonds is 2. The Morgan fingerprint density at radius 2 is 1.95 bits per heavy atom. The SMILES string of the molecule is N#Cc1cccc(NC(=O)C2CC(=O)c3ccccc3C2)c1. The molecule has 0 aromatic heterocycles. The zero-order chi connectivity index (χ0) is 15.5. The lowest BCUT2D eigenvalue weighted by atomic mass is 9.82. The lowest BCUT2D eigenvalue weighted by Crippen LogP contribution is -2.30. The summed E-state index contributed by atoms with van der Waals surface area (Å²) >= 11 is 0. The van der Waals surface area contributed by atoms with Crippen LogP contribution in [0.5, 0.6) is 0 Å². The summed E-state index contributed by atoms with van der Waals surface area (Å²) in [5.41, 5.74) is 2.71.